The Morgan fingerprint density at radius 1 is 0.800 bits per heavy atom. The summed E-state index contributed by atoms with van der Waals surface area (Å²) < 4.78 is 11.3. The monoisotopic (exact) mass is 422 g/mol. The molecular weight excluding hydrogens is 400 g/mol. The molecule has 6 unspecified atom stereocenters. The van der Waals surface area contributed by atoms with E-state index in [1.165, 1.54) is 24.3 Å². The van der Waals surface area contributed by atoms with Crippen LogP contribution in [0.1, 0.15) is 22.6 Å². The average Bonchev–Trinajstić information content (AvgIpc) is 2.74. The number of fused-ring (bicyclic) bond motifs is 2. The van der Waals surface area contributed by atoms with Gasteiger partial charge in [0.2, 0.25) is 0 Å². The molecule has 0 amide bonds. The van der Waals surface area contributed by atoms with E-state index >= 15 is 0 Å². The highest BCUT2D eigenvalue weighted by Gasteiger charge is 2.50. The Bertz CT molecular complexity index is 959. The van der Waals surface area contributed by atoms with Crippen LogP contribution in [0, 0.1) is 0 Å². The van der Waals surface area contributed by atoms with Gasteiger partial charge >= 0.3 is 0 Å². The Balaban J connectivity index is 1.95. The molecule has 2 aromatic rings. The predicted octanol–water partition coefficient (Wildman–Crippen LogP) is -0.624. The average molecular weight is 422 g/mol. The SMILES string of the molecule is OCc1cc(O)c2c(c1)C(C1OC(CO)C(O)C(O)C1O)c1c(O)ccc(O)c1O2. The van der Waals surface area contributed by atoms with Gasteiger partial charge in [-0.1, -0.05) is 0 Å². The molecule has 0 aromatic heterocycles. The highest BCUT2D eigenvalue weighted by molar-refractivity contribution is 5.66. The van der Waals surface area contributed by atoms with Crippen LogP contribution in [-0.2, 0) is 11.3 Å². The third kappa shape index (κ3) is 3.05. The maximum Gasteiger partial charge on any atom is 0.176 e. The normalized spacial score (nSPS) is 30.3. The first-order valence-corrected chi connectivity index (χ1v) is 9.28. The quantitative estimate of drug-likeness (QED) is 0.297. The van der Waals surface area contributed by atoms with Gasteiger partial charge in [-0.15, -0.1) is 0 Å². The van der Waals surface area contributed by atoms with E-state index in [2.05, 4.69) is 0 Å². The van der Waals surface area contributed by atoms with E-state index in [0.29, 0.717) is 5.56 Å². The Hall–Kier alpha value is -2.60. The Labute approximate surface area is 170 Å². The molecule has 0 bridgehead atoms. The van der Waals surface area contributed by atoms with Gasteiger partial charge in [-0.3, -0.25) is 0 Å². The molecule has 0 saturated carbocycles. The van der Waals surface area contributed by atoms with Crippen molar-refractivity contribution in [3.63, 3.8) is 0 Å². The number of hydrogen-bond acceptors (Lipinski definition) is 10. The van der Waals surface area contributed by atoms with Crippen molar-refractivity contribution in [3.05, 3.63) is 41.0 Å². The summed E-state index contributed by atoms with van der Waals surface area (Å²) in [5, 5.41) is 81.3. The van der Waals surface area contributed by atoms with Crippen LogP contribution in [0.15, 0.2) is 24.3 Å². The fourth-order valence-electron chi connectivity index (χ4n) is 4.12. The zero-order valence-corrected chi connectivity index (χ0v) is 15.6. The van der Waals surface area contributed by atoms with Crippen LogP contribution in [0.2, 0.25) is 0 Å². The number of aliphatic hydroxyl groups is 5. The summed E-state index contributed by atoms with van der Waals surface area (Å²) in [5.74, 6) is -2.41. The number of phenolic OH excluding ortho intramolecular Hbond substituents is 3. The highest BCUT2D eigenvalue weighted by Crippen LogP contribution is 2.56. The topological polar surface area (TPSA) is 180 Å². The lowest BCUT2D eigenvalue weighted by molar-refractivity contribution is -0.232. The Morgan fingerprint density at radius 2 is 1.50 bits per heavy atom. The number of benzene rings is 2. The van der Waals surface area contributed by atoms with Crippen molar-refractivity contribution in [1.82, 2.24) is 0 Å². The molecule has 4 rings (SSSR count). The van der Waals surface area contributed by atoms with Crippen molar-refractivity contribution < 1.29 is 50.3 Å². The summed E-state index contributed by atoms with van der Waals surface area (Å²) in [6, 6.07) is 5.11. The van der Waals surface area contributed by atoms with Crippen molar-refractivity contribution in [2.24, 2.45) is 0 Å². The van der Waals surface area contributed by atoms with E-state index in [0.717, 1.165) is 0 Å². The molecule has 10 heteroatoms. The van der Waals surface area contributed by atoms with E-state index < -0.39 is 49.7 Å². The number of aliphatic hydroxyl groups excluding tert-OH is 5. The minimum absolute atomic E-state index is 0.0151. The minimum Gasteiger partial charge on any atom is -0.508 e. The van der Waals surface area contributed by atoms with E-state index in [4.69, 9.17) is 9.47 Å². The van der Waals surface area contributed by atoms with Gasteiger partial charge in [-0.2, -0.15) is 0 Å². The van der Waals surface area contributed by atoms with Gasteiger partial charge in [0.15, 0.2) is 23.0 Å². The summed E-state index contributed by atoms with van der Waals surface area (Å²) >= 11 is 0. The third-order valence-corrected chi connectivity index (χ3v) is 5.60. The smallest absolute Gasteiger partial charge is 0.176 e. The molecule has 30 heavy (non-hydrogen) atoms. The predicted molar refractivity (Wildman–Crippen MR) is 99.5 cm³/mol. The number of phenols is 3. The van der Waals surface area contributed by atoms with E-state index in [9.17, 15) is 40.9 Å². The molecule has 10 nitrogen and oxygen atoms in total. The lowest BCUT2D eigenvalue weighted by Gasteiger charge is -2.44. The van der Waals surface area contributed by atoms with Crippen molar-refractivity contribution in [3.8, 4) is 28.7 Å². The zero-order chi connectivity index (χ0) is 21.7. The summed E-state index contributed by atoms with van der Waals surface area (Å²) in [4.78, 5) is 0. The summed E-state index contributed by atoms with van der Waals surface area (Å²) in [7, 11) is 0. The van der Waals surface area contributed by atoms with Gasteiger partial charge in [-0.05, 0) is 29.8 Å². The van der Waals surface area contributed by atoms with Gasteiger partial charge in [-0.25, -0.2) is 0 Å². The second kappa shape index (κ2) is 7.58. The molecule has 2 heterocycles. The lowest BCUT2D eigenvalue weighted by atomic mass is 9.77. The van der Waals surface area contributed by atoms with E-state index in [1.807, 2.05) is 0 Å². The van der Waals surface area contributed by atoms with E-state index in [-0.39, 0.29) is 39.9 Å². The zero-order valence-electron chi connectivity index (χ0n) is 15.6. The van der Waals surface area contributed by atoms with Gasteiger partial charge in [0.25, 0.3) is 0 Å². The van der Waals surface area contributed by atoms with Gasteiger partial charge < -0.3 is 50.3 Å². The highest BCUT2D eigenvalue weighted by atomic mass is 16.5. The maximum absolute atomic E-state index is 10.7. The first-order chi connectivity index (χ1) is 14.3. The van der Waals surface area contributed by atoms with Crippen molar-refractivity contribution >= 4 is 0 Å². The molecule has 6 atom stereocenters. The molecule has 1 saturated heterocycles. The molecule has 0 spiro atoms. The lowest BCUT2D eigenvalue weighted by Crippen LogP contribution is -2.60. The Morgan fingerprint density at radius 3 is 2.17 bits per heavy atom. The molecule has 2 aromatic carbocycles. The van der Waals surface area contributed by atoms with Crippen LogP contribution >= 0.6 is 0 Å². The number of hydrogen-bond donors (Lipinski definition) is 8. The van der Waals surface area contributed by atoms with Crippen molar-refractivity contribution in [1.29, 1.82) is 0 Å². The molecule has 8 N–H and O–H groups in total. The minimum atomic E-state index is -1.68. The van der Waals surface area contributed by atoms with Crippen LogP contribution in [0.3, 0.4) is 0 Å². The van der Waals surface area contributed by atoms with Crippen molar-refractivity contribution in [2.45, 2.75) is 43.0 Å². The second-order valence-corrected chi connectivity index (χ2v) is 7.41. The van der Waals surface area contributed by atoms with Crippen LogP contribution < -0.4 is 4.74 Å². The fraction of sp³-hybridized carbons (Fsp3) is 0.400. The largest absolute Gasteiger partial charge is 0.508 e. The van der Waals surface area contributed by atoms with Gasteiger partial charge in [0.1, 0.15) is 30.2 Å². The standard InChI is InChI=1S/C20H22O10/c21-5-7-3-8-13(20-17(28)16(27)15(26)12(6-22)29-20)14-9(23)1-2-10(24)19(14)30-18(8)11(25)4-7/h1-4,12-13,15-17,20-28H,5-6H2. The molecule has 1 fully saturated rings. The van der Waals surface area contributed by atoms with E-state index in [1.54, 1.807) is 0 Å². The first kappa shape index (κ1) is 20.7. The fourth-order valence-corrected chi connectivity index (χ4v) is 4.12. The van der Waals surface area contributed by atoms with Gasteiger partial charge in [0, 0.05) is 11.5 Å². The third-order valence-electron chi connectivity index (χ3n) is 5.60. The molecule has 2 aliphatic heterocycles. The molecule has 162 valence electrons. The first-order valence-electron chi connectivity index (χ1n) is 9.28. The Kier molecular flexibility index (Phi) is 5.22. The molecule has 0 radical (unpaired) electrons. The van der Waals surface area contributed by atoms with Crippen LogP contribution in [0.5, 0.6) is 28.7 Å². The number of ether oxygens (including phenoxy) is 2. The van der Waals surface area contributed by atoms with Crippen molar-refractivity contribution in [2.75, 3.05) is 6.61 Å². The summed E-state index contributed by atoms with van der Waals surface area (Å²) in [6.45, 7) is -1.08. The molecule has 0 aliphatic carbocycles. The second-order valence-electron chi connectivity index (χ2n) is 7.41. The number of aromatic hydroxyl groups is 3. The molecular formula is C20H22O10. The van der Waals surface area contributed by atoms with Crippen LogP contribution in [-0.4, -0.2) is 78.0 Å². The number of rotatable bonds is 3. The van der Waals surface area contributed by atoms with Crippen LogP contribution in [0.4, 0.5) is 0 Å². The summed E-state index contributed by atoms with van der Waals surface area (Å²) in [6.07, 6.45) is -7.45. The molecule has 2 aliphatic rings. The maximum atomic E-state index is 10.7. The summed E-state index contributed by atoms with van der Waals surface area (Å²) in [5.41, 5.74) is 0.519. The van der Waals surface area contributed by atoms with Gasteiger partial charge in [0.05, 0.1) is 24.9 Å². The van der Waals surface area contributed by atoms with Crippen LogP contribution in [0.25, 0.3) is 0 Å².